The van der Waals surface area contributed by atoms with Crippen molar-refractivity contribution in [2.75, 3.05) is 40.9 Å². The second-order valence-electron chi connectivity index (χ2n) is 24.4. The number of quaternary nitrogens is 1. The van der Waals surface area contributed by atoms with Gasteiger partial charge in [-0.3, -0.25) is 18.6 Å². The first-order chi connectivity index (χ1) is 38.4. The smallest absolute Gasteiger partial charge is 0.456 e. The predicted octanol–water partition coefficient (Wildman–Crippen LogP) is 21.2. The molecular weight excluding hydrogens is 1000 g/mol. The van der Waals surface area contributed by atoms with Crippen LogP contribution >= 0.6 is 7.82 Å². The van der Waals surface area contributed by atoms with Gasteiger partial charge in [-0.25, -0.2) is 4.57 Å². The quantitative estimate of drug-likeness (QED) is 0.0156. The van der Waals surface area contributed by atoms with Gasteiger partial charge in [0.1, 0.15) is 19.3 Å². The van der Waals surface area contributed by atoms with E-state index in [1.807, 2.05) is 33.3 Å². The zero-order valence-electron chi connectivity index (χ0n) is 53.1. The molecule has 464 valence electrons. The van der Waals surface area contributed by atoms with Crippen molar-refractivity contribution in [2.45, 2.75) is 341 Å². The topological polar surface area (TPSA) is 111 Å². The Morgan fingerprint density at radius 3 is 1.18 bits per heavy atom. The number of carbonyl (C=O) groups is 2. The maximum atomic E-state index is 13.6. The number of unbranched alkanes of at least 4 members (excludes halogenated alkanes) is 41. The fourth-order valence-corrected chi connectivity index (χ4v) is 10.7. The van der Waals surface area contributed by atoms with Crippen molar-refractivity contribution in [1.29, 1.82) is 0 Å². The molecule has 0 aliphatic carbocycles. The minimum atomic E-state index is -4.45. The van der Waals surface area contributed by atoms with Crippen molar-refractivity contribution in [1.82, 2.24) is 5.32 Å². The van der Waals surface area contributed by atoms with Gasteiger partial charge in [0.15, 0.2) is 0 Å². The van der Waals surface area contributed by atoms with Gasteiger partial charge in [-0.1, -0.05) is 282 Å². The minimum absolute atomic E-state index is 0.0388. The summed E-state index contributed by atoms with van der Waals surface area (Å²) in [7, 11) is 1.50. The van der Waals surface area contributed by atoms with Crippen molar-refractivity contribution in [3.8, 4) is 0 Å². The summed E-state index contributed by atoms with van der Waals surface area (Å²) < 4.78 is 30.8. The molecule has 1 amide bonds. The van der Waals surface area contributed by atoms with Crippen LogP contribution in [0.2, 0.25) is 0 Å². The molecule has 3 atom stereocenters. The Balaban J connectivity index is 5.09. The lowest BCUT2D eigenvalue weighted by Gasteiger charge is -2.27. The fraction of sp³-hybridized carbons (Fsp3) is 0.855. The SMILES string of the molecule is CCCCC/C=C/C=C/CCCCCCCCC(=O)NC(COP(=O)(O)OCC[N+](C)(C)C)C(/C=C\CCCCCCCCCCCCC)OC(=O)CCCCCCCCCCCCCCCCC/C=C/CCCCCCCC. The summed E-state index contributed by atoms with van der Waals surface area (Å²) in [5.74, 6) is -0.506. The summed E-state index contributed by atoms with van der Waals surface area (Å²) in [5.41, 5.74) is 0. The number of carbonyl (C=O) groups excluding carboxylic acids is 2. The summed E-state index contributed by atoms with van der Waals surface area (Å²) in [6.45, 7) is 7.01. The number of allylic oxidation sites excluding steroid dienone is 7. The van der Waals surface area contributed by atoms with Crippen molar-refractivity contribution in [3.63, 3.8) is 0 Å². The van der Waals surface area contributed by atoms with E-state index in [0.717, 1.165) is 77.0 Å². The van der Waals surface area contributed by atoms with E-state index in [4.69, 9.17) is 13.8 Å². The van der Waals surface area contributed by atoms with Crippen molar-refractivity contribution >= 4 is 19.7 Å². The number of rotatable bonds is 62. The Labute approximate surface area is 490 Å². The highest BCUT2D eigenvalue weighted by Gasteiger charge is 2.30. The number of esters is 1. The first-order valence-corrected chi connectivity index (χ1v) is 35.5. The number of likely N-dealkylation sites (N-methyl/N-ethyl adjacent to an activating group) is 1. The summed E-state index contributed by atoms with van der Waals surface area (Å²) in [4.78, 5) is 37.8. The predicted molar refractivity (Wildman–Crippen MR) is 342 cm³/mol. The van der Waals surface area contributed by atoms with E-state index in [2.05, 4.69) is 62.5 Å². The monoisotopic (exact) mass is 1130 g/mol. The molecule has 0 aromatic carbocycles. The number of nitrogens with one attached hydrogen (secondary N) is 1. The second-order valence-corrected chi connectivity index (χ2v) is 25.8. The molecule has 79 heavy (non-hydrogen) atoms. The van der Waals surface area contributed by atoms with Gasteiger partial charge in [0.25, 0.3) is 0 Å². The maximum Gasteiger partial charge on any atom is 0.472 e. The number of hydrogen-bond donors (Lipinski definition) is 2. The fourth-order valence-electron chi connectivity index (χ4n) is 9.99. The number of nitrogens with zero attached hydrogens (tertiary/aromatic N) is 1. The van der Waals surface area contributed by atoms with E-state index < -0.39 is 20.0 Å². The van der Waals surface area contributed by atoms with Crippen LogP contribution in [0.5, 0.6) is 0 Å². The van der Waals surface area contributed by atoms with Crippen LogP contribution in [0.15, 0.2) is 48.6 Å². The molecule has 0 aliphatic heterocycles. The molecule has 0 saturated heterocycles. The Bertz CT molecular complexity index is 1490. The third kappa shape index (κ3) is 60.4. The van der Waals surface area contributed by atoms with E-state index in [0.29, 0.717) is 23.9 Å². The van der Waals surface area contributed by atoms with Gasteiger partial charge in [-0.2, -0.15) is 0 Å². The lowest BCUT2D eigenvalue weighted by molar-refractivity contribution is -0.870. The van der Waals surface area contributed by atoms with Crippen LogP contribution in [0.25, 0.3) is 0 Å². The van der Waals surface area contributed by atoms with Crippen LogP contribution in [0.1, 0.15) is 329 Å². The Morgan fingerprint density at radius 1 is 0.443 bits per heavy atom. The molecule has 9 nitrogen and oxygen atoms in total. The Hall–Kier alpha value is -2.03. The molecule has 0 aliphatic rings. The number of phosphoric ester groups is 1. The summed E-state index contributed by atoms with van der Waals surface area (Å²) in [5, 5.41) is 3.06. The maximum absolute atomic E-state index is 13.6. The van der Waals surface area contributed by atoms with Gasteiger partial charge in [-0.05, 0) is 83.1 Å². The molecule has 0 saturated carbocycles. The number of phosphoric acid groups is 1. The van der Waals surface area contributed by atoms with E-state index in [-0.39, 0.29) is 25.1 Å². The van der Waals surface area contributed by atoms with Gasteiger partial charge in [0, 0.05) is 12.8 Å². The first kappa shape index (κ1) is 77.0. The molecule has 3 unspecified atom stereocenters. The van der Waals surface area contributed by atoms with Gasteiger partial charge in [0.05, 0.1) is 33.8 Å². The molecule has 0 aromatic heterocycles. The molecule has 10 heteroatoms. The number of ether oxygens (including phenoxy) is 1. The number of hydrogen-bond acceptors (Lipinski definition) is 6. The molecule has 0 spiro atoms. The summed E-state index contributed by atoms with van der Waals surface area (Å²) >= 11 is 0. The van der Waals surface area contributed by atoms with Crippen LogP contribution in [0, 0.1) is 0 Å². The molecule has 2 N–H and O–H groups in total. The molecule has 0 rings (SSSR count). The zero-order chi connectivity index (χ0) is 57.9. The van der Waals surface area contributed by atoms with E-state index in [9.17, 15) is 19.0 Å². The molecule has 0 aromatic rings. The average Bonchev–Trinajstić information content (AvgIpc) is 3.41. The Morgan fingerprint density at radius 2 is 0.772 bits per heavy atom. The minimum Gasteiger partial charge on any atom is -0.456 e. The highest BCUT2D eigenvalue weighted by molar-refractivity contribution is 7.47. The summed E-state index contributed by atoms with van der Waals surface area (Å²) in [6, 6.07) is -0.853. The van der Waals surface area contributed by atoms with Gasteiger partial charge >= 0.3 is 13.8 Å². The van der Waals surface area contributed by atoms with Gasteiger partial charge < -0.3 is 19.4 Å². The average molecular weight is 1130 g/mol. The third-order valence-electron chi connectivity index (χ3n) is 15.3. The van der Waals surface area contributed by atoms with E-state index in [1.54, 1.807) is 0 Å². The van der Waals surface area contributed by atoms with Crippen LogP contribution in [0.4, 0.5) is 0 Å². The Kier molecular flexibility index (Phi) is 57.6. The zero-order valence-corrected chi connectivity index (χ0v) is 54.0. The molecule has 0 bridgehead atoms. The largest absolute Gasteiger partial charge is 0.472 e. The van der Waals surface area contributed by atoms with Crippen LogP contribution in [-0.4, -0.2) is 74.3 Å². The highest BCUT2D eigenvalue weighted by Crippen LogP contribution is 2.43. The van der Waals surface area contributed by atoms with Gasteiger partial charge in [-0.15, -0.1) is 0 Å². The first-order valence-electron chi connectivity index (χ1n) is 34.0. The normalized spacial score (nSPS) is 13.9. The van der Waals surface area contributed by atoms with Crippen LogP contribution < -0.4 is 5.32 Å². The van der Waals surface area contributed by atoms with Gasteiger partial charge in [0.2, 0.25) is 5.91 Å². The molecule has 0 heterocycles. The third-order valence-corrected chi connectivity index (χ3v) is 16.3. The van der Waals surface area contributed by atoms with Crippen molar-refractivity contribution in [2.24, 2.45) is 0 Å². The van der Waals surface area contributed by atoms with Crippen molar-refractivity contribution < 1.29 is 37.3 Å². The molecular formula is C69H132N2O7P+. The standard InChI is InChI=1S/C69H131N2O7P/c1-7-10-13-16-19-22-25-28-30-31-32-33-34-35-36-37-38-39-41-44-47-50-53-56-59-62-69(73)78-67(60-57-54-51-48-45-42-27-24-21-18-15-12-9-3)66(65-77-79(74,75)76-64-63-71(4,5)6)70-68(72)61-58-55-52-49-46-43-40-29-26-23-20-17-14-11-8-2/h20,23,26,28-30,57,60,66-67H,7-19,21-22,24-25,27,31-56,58-59,61-65H2,1-6H3,(H-,70,72,74,75)/p+1/b23-20+,29-26+,30-28+,60-57-. The highest BCUT2D eigenvalue weighted by atomic mass is 31.2. The van der Waals surface area contributed by atoms with E-state index in [1.165, 1.54) is 218 Å². The number of amides is 1. The van der Waals surface area contributed by atoms with Crippen molar-refractivity contribution in [3.05, 3.63) is 48.6 Å². The molecule has 0 radical (unpaired) electrons. The lowest BCUT2D eigenvalue weighted by Crippen LogP contribution is -2.47. The second kappa shape index (κ2) is 59.1. The van der Waals surface area contributed by atoms with Crippen LogP contribution in [0.3, 0.4) is 0 Å². The lowest BCUT2D eigenvalue weighted by atomic mass is 10.0. The van der Waals surface area contributed by atoms with Crippen LogP contribution in [-0.2, 0) is 27.9 Å². The molecule has 0 fully saturated rings. The van der Waals surface area contributed by atoms with E-state index >= 15 is 0 Å². The summed E-state index contributed by atoms with van der Waals surface area (Å²) in [6.07, 6.45) is 74.0.